The number of benzene rings is 9. The summed E-state index contributed by atoms with van der Waals surface area (Å²) in [4.78, 5) is 0. The molecule has 12 rings (SSSR count). The van der Waals surface area contributed by atoms with E-state index in [9.17, 15) is 0 Å². The molecular weight excluding hydrogens is 661 g/mol. The summed E-state index contributed by atoms with van der Waals surface area (Å²) in [5, 5.41) is 12.3. The van der Waals surface area contributed by atoms with E-state index in [1.165, 1.54) is 91.4 Å². The highest BCUT2D eigenvalue weighted by Gasteiger charge is 2.35. The Labute approximate surface area is 310 Å². The summed E-state index contributed by atoms with van der Waals surface area (Å²) < 4.78 is 9.65. The maximum Gasteiger partial charge on any atom is 0.143 e. The van der Waals surface area contributed by atoms with Gasteiger partial charge in [0.1, 0.15) is 11.2 Å². The molecule has 2 heterocycles. The van der Waals surface area contributed by atoms with Crippen molar-refractivity contribution in [2.45, 2.75) is 19.3 Å². The first-order valence-electron chi connectivity index (χ1n) is 18.4. The van der Waals surface area contributed by atoms with E-state index < -0.39 is 0 Å². The van der Waals surface area contributed by atoms with Crippen LogP contribution >= 0.6 is 11.3 Å². The highest BCUT2D eigenvalue weighted by Crippen LogP contribution is 2.50. The summed E-state index contributed by atoms with van der Waals surface area (Å²) in [6.45, 7) is 4.69. The van der Waals surface area contributed by atoms with Crippen LogP contribution in [0, 0.1) is 0 Å². The molecule has 0 atom stereocenters. The van der Waals surface area contributed by atoms with E-state index in [1.54, 1.807) is 0 Å². The molecule has 11 aromatic rings. The van der Waals surface area contributed by atoms with Gasteiger partial charge in [-0.25, -0.2) is 0 Å². The zero-order valence-corrected chi connectivity index (χ0v) is 30.1. The lowest BCUT2D eigenvalue weighted by Gasteiger charge is -2.21. The van der Waals surface area contributed by atoms with E-state index in [-0.39, 0.29) is 5.41 Å². The summed E-state index contributed by atoms with van der Waals surface area (Å²) in [5.41, 5.74) is 12.2. The Morgan fingerprint density at radius 1 is 0.377 bits per heavy atom. The maximum atomic E-state index is 7.05. The third-order valence-corrected chi connectivity index (χ3v) is 13.2. The molecule has 0 unspecified atom stereocenters. The molecule has 0 bridgehead atoms. The molecule has 0 N–H and O–H groups in total. The number of para-hydroxylation sites is 1. The van der Waals surface area contributed by atoms with Crippen LogP contribution in [0.25, 0.3) is 108 Å². The Morgan fingerprint density at radius 2 is 0.906 bits per heavy atom. The number of hydrogen-bond donors (Lipinski definition) is 0. The van der Waals surface area contributed by atoms with Crippen LogP contribution in [-0.2, 0) is 5.41 Å². The van der Waals surface area contributed by atoms with Gasteiger partial charge in [0.2, 0.25) is 0 Å². The maximum absolute atomic E-state index is 7.05. The normalized spacial score (nSPS) is 13.6. The van der Waals surface area contributed by atoms with Gasteiger partial charge in [-0.15, -0.1) is 11.3 Å². The van der Waals surface area contributed by atoms with Crippen molar-refractivity contribution in [1.82, 2.24) is 0 Å². The lowest BCUT2D eigenvalue weighted by molar-refractivity contribution is 0.660. The second-order valence-electron chi connectivity index (χ2n) is 15.2. The lowest BCUT2D eigenvalue weighted by Crippen LogP contribution is -2.14. The fourth-order valence-electron chi connectivity index (χ4n) is 9.49. The van der Waals surface area contributed by atoms with Gasteiger partial charge in [0.15, 0.2) is 0 Å². The number of hydrogen-bond acceptors (Lipinski definition) is 2. The van der Waals surface area contributed by atoms with Crippen molar-refractivity contribution in [2.75, 3.05) is 0 Å². The minimum absolute atomic E-state index is 0.00629. The van der Waals surface area contributed by atoms with Crippen molar-refractivity contribution in [3.05, 3.63) is 169 Å². The minimum Gasteiger partial charge on any atom is -0.455 e. The Hall–Kier alpha value is -6.22. The van der Waals surface area contributed by atoms with E-state index in [0.717, 1.165) is 27.5 Å². The van der Waals surface area contributed by atoms with Crippen LogP contribution in [-0.4, -0.2) is 0 Å². The molecule has 1 nitrogen and oxygen atoms in total. The minimum atomic E-state index is 0.00629. The molecule has 2 heteroatoms. The molecule has 0 saturated heterocycles. The predicted octanol–water partition coefficient (Wildman–Crippen LogP) is 15.1. The Morgan fingerprint density at radius 3 is 1.70 bits per heavy atom. The van der Waals surface area contributed by atoms with Crippen molar-refractivity contribution in [3.8, 4) is 33.4 Å². The van der Waals surface area contributed by atoms with Gasteiger partial charge in [0, 0.05) is 47.3 Å². The molecule has 248 valence electrons. The smallest absolute Gasteiger partial charge is 0.143 e. The quantitative estimate of drug-likeness (QED) is 0.164. The Balaban J connectivity index is 1.04. The zero-order chi connectivity index (χ0) is 35.0. The number of rotatable bonds is 2. The van der Waals surface area contributed by atoms with Crippen LogP contribution in [0.3, 0.4) is 0 Å². The lowest BCUT2D eigenvalue weighted by atomic mass is 9.82. The third-order valence-electron chi connectivity index (χ3n) is 12.1. The summed E-state index contributed by atoms with van der Waals surface area (Å²) in [5.74, 6) is 0. The van der Waals surface area contributed by atoms with E-state index in [1.807, 2.05) is 11.3 Å². The largest absolute Gasteiger partial charge is 0.455 e. The molecule has 0 fully saturated rings. The second-order valence-corrected chi connectivity index (χ2v) is 16.3. The van der Waals surface area contributed by atoms with Crippen LogP contribution in [0.2, 0.25) is 0 Å². The van der Waals surface area contributed by atoms with E-state index >= 15 is 0 Å². The van der Waals surface area contributed by atoms with E-state index in [2.05, 4.69) is 172 Å². The molecule has 1 aliphatic rings. The summed E-state index contributed by atoms with van der Waals surface area (Å²) in [7, 11) is 0. The summed E-state index contributed by atoms with van der Waals surface area (Å²) in [6.07, 6.45) is 0. The van der Waals surface area contributed by atoms with Crippen molar-refractivity contribution >= 4 is 85.8 Å². The highest BCUT2D eigenvalue weighted by atomic mass is 32.1. The zero-order valence-electron chi connectivity index (χ0n) is 29.3. The average Bonchev–Trinajstić information content (AvgIpc) is 3.85. The monoisotopic (exact) mass is 692 g/mol. The predicted molar refractivity (Wildman–Crippen MR) is 228 cm³/mol. The Bertz CT molecular complexity index is 3340. The van der Waals surface area contributed by atoms with Crippen LogP contribution in [0.15, 0.2) is 162 Å². The van der Waals surface area contributed by atoms with Gasteiger partial charge in [-0.2, -0.15) is 0 Å². The average molecular weight is 693 g/mol. The Kier molecular flexibility index (Phi) is 5.78. The molecule has 0 spiro atoms. The first kappa shape index (κ1) is 29.4. The fraction of sp³-hybridized carbons (Fsp3) is 0.0588. The van der Waals surface area contributed by atoms with E-state index in [4.69, 9.17) is 4.42 Å². The standard InChI is InChI=1S/C51H32OS/c1-51(2)44-17-8-7-13-36(44)41-26-29(18-23-45(41)51)30-19-24-46-42(27-30)43-28-31(20-25-47(43)53-46)32-15-9-16-39-40-22-21-38-35-12-4-3-10-33(35)34-11-5-6-14-37(34)48(38)50(40)52-49(32)39/h3-28H,1-2H3. The number of furan rings is 1. The molecule has 2 aromatic heterocycles. The van der Waals surface area contributed by atoms with Gasteiger partial charge in [-0.05, 0) is 102 Å². The molecule has 0 saturated carbocycles. The van der Waals surface area contributed by atoms with Crippen LogP contribution in [0.1, 0.15) is 25.0 Å². The molecule has 0 amide bonds. The van der Waals surface area contributed by atoms with Gasteiger partial charge in [-0.3, -0.25) is 0 Å². The topological polar surface area (TPSA) is 13.1 Å². The van der Waals surface area contributed by atoms with Crippen LogP contribution in [0.5, 0.6) is 0 Å². The SMILES string of the molecule is CC1(C)c2ccccc2-c2cc(-c3ccc4sc5ccc(-c6cccc7c6oc6c7ccc7c8ccccc8c8ccccc8c76)cc5c4c3)ccc21. The van der Waals surface area contributed by atoms with Gasteiger partial charge < -0.3 is 4.42 Å². The number of thiophene rings is 1. The fourth-order valence-corrected chi connectivity index (χ4v) is 10.6. The first-order chi connectivity index (χ1) is 26.0. The molecule has 0 aliphatic heterocycles. The van der Waals surface area contributed by atoms with Gasteiger partial charge in [0.05, 0.1) is 0 Å². The third kappa shape index (κ3) is 3.96. The van der Waals surface area contributed by atoms with Crippen molar-refractivity contribution < 1.29 is 4.42 Å². The van der Waals surface area contributed by atoms with Gasteiger partial charge in [-0.1, -0.05) is 135 Å². The molecule has 1 aliphatic carbocycles. The molecule has 0 radical (unpaired) electrons. The summed E-state index contributed by atoms with van der Waals surface area (Å²) >= 11 is 1.87. The second kappa shape index (κ2) is 10.4. The van der Waals surface area contributed by atoms with Crippen LogP contribution in [0.4, 0.5) is 0 Å². The van der Waals surface area contributed by atoms with Crippen LogP contribution < -0.4 is 0 Å². The number of fused-ring (bicyclic) bond motifs is 16. The van der Waals surface area contributed by atoms with Crippen molar-refractivity contribution in [1.29, 1.82) is 0 Å². The highest BCUT2D eigenvalue weighted by molar-refractivity contribution is 7.25. The summed E-state index contributed by atoms with van der Waals surface area (Å²) in [6, 6.07) is 58.5. The molecule has 9 aromatic carbocycles. The molecular formula is C51H32OS. The first-order valence-corrected chi connectivity index (χ1v) is 19.2. The van der Waals surface area contributed by atoms with Gasteiger partial charge >= 0.3 is 0 Å². The van der Waals surface area contributed by atoms with Crippen molar-refractivity contribution in [3.63, 3.8) is 0 Å². The van der Waals surface area contributed by atoms with Gasteiger partial charge in [0.25, 0.3) is 0 Å². The molecule has 53 heavy (non-hydrogen) atoms. The van der Waals surface area contributed by atoms with Crippen molar-refractivity contribution in [2.24, 2.45) is 0 Å². The van der Waals surface area contributed by atoms with E-state index in [0.29, 0.717) is 0 Å².